The summed E-state index contributed by atoms with van der Waals surface area (Å²) in [6.07, 6.45) is 0. The molecular formula is C15H22N4O3. The molecule has 0 bridgehead atoms. The summed E-state index contributed by atoms with van der Waals surface area (Å²) in [6.45, 7) is 7.03. The van der Waals surface area contributed by atoms with Crippen LogP contribution in [-0.4, -0.2) is 66.9 Å². The molecule has 1 aromatic rings. The average molecular weight is 306 g/mol. The Kier molecular flexibility index (Phi) is 5.46. The summed E-state index contributed by atoms with van der Waals surface area (Å²) in [7, 11) is 2.10. The highest BCUT2D eigenvalue weighted by Gasteiger charge is 2.18. The van der Waals surface area contributed by atoms with E-state index in [0.29, 0.717) is 17.7 Å². The van der Waals surface area contributed by atoms with Crippen LogP contribution in [0.3, 0.4) is 0 Å². The van der Waals surface area contributed by atoms with Crippen LogP contribution in [0.5, 0.6) is 0 Å². The van der Waals surface area contributed by atoms with Gasteiger partial charge in [-0.15, -0.1) is 0 Å². The molecule has 0 spiro atoms. The fourth-order valence-electron chi connectivity index (χ4n) is 2.56. The van der Waals surface area contributed by atoms with Gasteiger partial charge in [-0.25, -0.2) is 0 Å². The van der Waals surface area contributed by atoms with Crippen molar-refractivity contribution in [2.24, 2.45) is 0 Å². The van der Waals surface area contributed by atoms with Gasteiger partial charge in [-0.3, -0.25) is 19.8 Å². The van der Waals surface area contributed by atoms with Crippen LogP contribution in [0.25, 0.3) is 0 Å². The van der Waals surface area contributed by atoms with E-state index in [1.807, 2.05) is 0 Å². The minimum absolute atomic E-state index is 0.0216. The predicted octanol–water partition coefficient (Wildman–Crippen LogP) is 0.880. The second-order valence-corrected chi connectivity index (χ2v) is 5.61. The zero-order chi connectivity index (χ0) is 16.1. The second-order valence-electron chi connectivity index (χ2n) is 5.61. The lowest BCUT2D eigenvalue weighted by atomic mass is 10.1. The number of amides is 1. The van der Waals surface area contributed by atoms with Gasteiger partial charge in [0.1, 0.15) is 0 Å². The second kappa shape index (κ2) is 7.33. The number of nitro groups is 1. The molecule has 0 atom stereocenters. The normalized spacial score (nSPS) is 16.5. The van der Waals surface area contributed by atoms with E-state index in [1.54, 1.807) is 19.1 Å². The summed E-state index contributed by atoms with van der Waals surface area (Å²) < 4.78 is 0. The van der Waals surface area contributed by atoms with E-state index in [1.165, 1.54) is 6.07 Å². The summed E-state index contributed by atoms with van der Waals surface area (Å²) in [6, 6.07) is 4.57. The highest BCUT2D eigenvalue weighted by Crippen LogP contribution is 2.20. The monoisotopic (exact) mass is 306 g/mol. The van der Waals surface area contributed by atoms with Crippen LogP contribution in [0, 0.1) is 17.0 Å². The minimum atomic E-state index is -0.462. The molecule has 1 heterocycles. The predicted molar refractivity (Wildman–Crippen MR) is 84.1 cm³/mol. The molecule has 0 aromatic heterocycles. The number of likely N-dealkylation sites (N-methyl/N-ethyl adjacent to an activating group) is 1. The van der Waals surface area contributed by atoms with E-state index >= 15 is 0 Å². The highest BCUT2D eigenvalue weighted by atomic mass is 16.6. The molecule has 2 rings (SSSR count). The lowest BCUT2D eigenvalue weighted by molar-refractivity contribution is -0.385. The van der Waals surface area contributed by atoms with Gasteiger partial charge in [-0.1, -0.05) is 6.07 Å². The molecule has 7 nitrogen and oxygen atoms in total. The zero-order valence-corrected chi connectivity index (χ0v) is 13.0. The van der Waals surface area contributed by atoms with Crippen molar-refractivity contribution >= 4 is 11.6 Å². The number of nitro benzene ring substituents is 1. The Morgan fingerprint density at radius 2 is 2.00 bits per heavy atom. The lowest BCUT2D eigenvalue weighted by Crippen LogP contribution is -2.46. The van der Waals surface area contributed by atoms with Crippen molar-refractivity contribution < 1.29 is 9.72 Å². The van der Waals surface area contributed by atoms with Crippen molar-refractivity contribution in [3.63, 3.8) is 0 Å². The third kappa shape index (κ3) is 4.02. The van der Waals surface area contributed by atoms with Crippen LogP contribution in [-0.2, 0) is 0 Å². The Bertz CT molecular complexity index is 554. The van der Waals surface area contributed by atoms with Crippen LogP contribution >= 0.6 is 0 Å². The molecule has 0 radical (unpaired) electrons. The van der Waals surface area contributed by atoms with Crippen molar-refractivity contribution in [3.8, 4) is 0 Å². The molecular weight excluding hydrogens is 284 g/mol. The van der Waals surface area contributed by atoms with Crippen molar-refractivity contribution in [1.82, 2.24) is 15.1 Å². The van der Waals surface area contributed by atoms with Crippen LogP contribution < -0.4 is 5.32 Å². The number of benzene rings is 1. The maximum absolute atomic E-state index is 12.2. The molecule has 1 fully saturated rings. The van der Waals surface area contributed by atoms with Crippen molar-refractivity contribution in [3.05, 3.63) is 39.4 Å². The number of piperazine rings is 1. The molecule has 120 valence electrons. The third-order valence-electron chi connectivity index (χ3n) is 4.06. The average Bonchev–Trinajstić information content (AvgIpc) is 2.49. The molecule has 1 aliphatic heterocycles. The smallest absolute Gasteiger partial charge is 0.273 e. The number of nitrogens with one attached hydrogen (secondary N) is 1. The van der Waals surface area contributed by atoms with Gasteiger partial charge in [-0.05, 0) is 20.0 Å². The molecule has 1 amide bonds. The van der Waals surface area contributed by atoms with E-state index in [2.05, 4.69) is 22.2 Å². The first-order chi connectivity index (χ1) is 10.5. The van der Waals surface area contributed by atoms with E-state index in [-0.39, 0.29) is 11.6 Å². The van der Waals surface area contributed by atoms with Gasteiger partial charge < -0.3 is 10.2 Å². The summed E-state index contributed by atoms with van der Waals surface area (Å²) in [5.74, 6) is -0.254. The number of carbonyl (C=O) groups excluding carboxylic acids is 1. The molecule has 7 heteroatoms. The molecule has 0 aliphatic carbocycles. The third-order valence-corrected chi connectivity index (χ3v) is 4.06. The van der Waals surface area contributed by atoms with Gasteiger partial charge in [0.05, 0.1) is 4.92 Å². The van der Waals surface area contributed by atoms with E-state index < -0.39 is 4.92 Å². The van der Waals surface area contributed by atoms with Gasteiger partial charge >= 0.3 is 0 Å². The van der Waals surface area contributed by atoms with Crippen LogP contribution in [0.2, 0.25) is 0 Å². The summed E-state index contributed by atoms with van der Waals surface area (Å²) in [4.78, 5) is 27.2. The fraction of sp³-hybridized carbons (Fsp3) is 0.533. The molecule has 0 unspecified atom stereocenters. The standard InChI is InChI=1S/C15H22N4O3/c1-12-13(4-3-5-14(12)19(21)22)15(20)16-6-7-18-10-8-17(2)9-11-18/h3-5H,6-11H2,1-2H3,(H,16,20). The SMILES string of the molecule is Cc1c(C(=O)NCCN2CCN(C)CC2)cccc1[N+](=O)[O-]. The largest absolute Gasteiger partial charge is 0.351 e. The van der Waals surface area contributed by atoms with Crippen LogP contribution in [0.1, 0.15) is 15.9 Å². The van der Waals surface area contributed by atoms with Gasteiger partial charge in [0.15, 0.2) is 0 Å². The first-order valence-electron chi connectivity index (χ1n) is 7.42. The maximum atomic E-state index is 12.2. The maximum Gasteiger partial charge on any atom is 0.273 e. The summed E-state index contributed by atoms with van der Waals surface area (Å²) in [5, 5.41) is 13.8. The first kappa shape index (κ1) is 16.4. The molecule has 1 aromatic carbocycles. The minimum Gasteiger partial charge on any atom is -0.351 e. The summed E-state index contributed by atoms with van der Waals surface area (Å²) >= 11 is 0. The number of carbonyl (C=O) groups is 1. The quantitative estimate of drug-likeness (QED) is 0.645. The lowest BCUT2D eigenvalue weighted by Gasteiger charge is -2.32. The summed E-state index contributed by atoms with van der Waals surface area (Å²) in [5.41, 5.74) is 0.754. The topological polar surface area (TPSA) is 78.7 Å². The number of hydrogen-bond acceptors (Lipinski definition) is 5. The molecule has 22 heavy (non-hydrogen) atoms. The van der Waals surface area contributed by atoms with Gasteiger partial charge in [0.2, 0.25) is 0 Å². The van der Waals surface area contributed by atoms with E-state index in [0.717, 1.165) is 32.7 Å². The van der Waals surface area contributed by atoms with Gasteiger partial charge in [0.25, 0.3) is 11.6 Å². The Balaban J connectivity index is 1.87. The highest BCUT2D eigenvalue weighted by molar-refractivity contribution is 5.96. The van der Waals surface area contributed by atoms with Crippen molar-refractivity contribution in [2.45, 2.75) is 6.92 Å². The van der Waals surface area contributed by atoms with Gasteiger partial charge in [-0.2, -0.15) is 0 Å². The first-order valence-corrected chi connectivity index (χ1v) is 7.42. The number of hydrogen-bond donors (Lipinski definition) is 1. The van der Waals surface area contributed by atoms with Crippen molar-refractivity contribution in [2.75, 3.05) is 46.3 Å². The van der Waals surface area contributed by atoms with Crippen molar-refractivity contribution in [1.29, 1.82) is 0 Å². The fourth-order valence-corrected chi connectivity index (χ4v) is 2.56. The van der Waals surface area contributed by atoms with E-state index in [9.17, 15) is 14.9 Å². The molecule has 0 saturated carbocycles. The van der Waals surface area contributed by atoms with Crippen LogP contribution in [0.15, 0.2) is 18.2 Å². The Morgan fingerprint density at radius 3 is 2.64 bits per heavy atom. The van der Waals surface area contributed by atoms with E-state index in [4.69, 9.17) is 0 Å². The molecule has 1 N–H and O–H groups in total. The Morgan fingerprint density at radius 1 is 1.32 bits per heavy atom. The number of rotatable bonds is 5. The Hall–Kier alpha value is -1.99. The Labute approximate surface area is 130 Å². The number of nitrogens with zero attached hydrogens (tertiary/aromatic N) is 3. The van der Waals surface area contributed by atoms with Gasteiger partial charge in [0, 0.05) is 56.5 Å². The molecule has 1 aliphatic rings. The zero-order valence-electron chi connectivity index (χ0n) is 13.0. The molecule has 1 saturated heterocycles. The van der Waals surface area contributed by atoms with Crippen LogP contribution in [0.4, 0.5) is 5.69 Å².